The van der Waals surface area contributed by atoms with Crippen LogP contribution in [0, 0.1) is 0 Å². The van der Waals surface area contributed by atoms with Crippen molar-refractivity contribution in [1.82, 2.24) is 0 Å². The van der Waals surface area contributed by atoms with Crippen molar-refractivity contribution in [2.45, 2.75) is 24.6 Å². The number of amidine groups is 1. The summed E-state index contributed by atoms with van der Waals surface area (Å²) in [5, 5.41) is 1.24. The number of nitrogens with two attached hydrogens (primary N) is 1. The first-order valence-corrected chi connectivity index (χ1v) is 5.67. The Labute approximate surface area is 88.6 Å². The zero-order valence-corrected chi connectivity index (χ0v) is 9.00. The van der Waals surface area contributed by atoms with E-state index in [1.807, 2.05) is 6.07 Å². The van der Waals surface area contributed by atoms with Crippen LogP contribution in [0.1, 0.15) is 12.5 Å². The molecule has 1 aromatic carbocycles. The molecule has 0 radical (unpaired) electrons. The molecule has 2 atom stereocenters. The molecular formula is C11H14N2S. The molecule has 74 valence electrons. The van der Waals surface area contributed by atoms with Crippen molar-refractivity contribution in [3.8, 4) is 0 Å². The van der Waals surface area contributed by atoms with E-state index >= 15 is 0 Å². The highest BCUT2D eigenvalue weighted by molar-refractivity contribution is 8.14. The first-order chi connectivity index (χ1) is 6.75. The molecule has 0 bridgehead atoms. The van der Waals surface area contributed by atoms with Crippen LogP contribution in [0.3, 0.4) is 0 Å². The van der Waals surface area contributed by atoms with E-state index in [2.05, 4.69) is 36.2 Å². The molecule has 1 aliphatic heterocycles. The zero-order chi connectivity index (χ0) is 9.97. The lowest BCUT2D eigenvalue weighted by Gasteiger charge is -2.11. The van der Waals surface area contributed by atoms with Gasteiger partial charge in [-0.3, -0.25) is 4.99 Å². The van der Waals surface area contributed by atoms with Gasteiger partial charge in [0, 0.05) is 5.25 Å². The van der Waals surface area contributed by atoms with Crippen LogP contribution in [-0.2, 0) is 6.42 Å². The second kappa shape index (κ2) is 4.05. The molecular weight excluding hydrogens is 192 g/mol. The Hall–Kier alpha value is -0.960. The summed E-state index contributed by atoms with van der Waals surface area (Å²) in [7, 11) is 0. The molecule has 3 heteroatoms. The lowest BCUT2D eigenvalue weighted by molar-refractivity contribution is 0.675. The third-order valence-corrected chi connectivity index (χ3v) is 3.46. The Morgan fingerprint density at radius 1 is 1.36 bits per heavy atom. The summed E-state index contributed by atoms with van der Waals surface area (Å²) < 4.78 is 0. The monoisotopic (exact) mass is 206 g/mol. The van der Waals surface area contributed by atoms with Gasteiger partial charge in [0.15, 0.2) is 5.17 Å². The Morgan fingerprint density at radius 3 is 2.64 bits per heavy atom. The highest BCUT2D eigenvalue weighted by Gasteiger charge is 2.24. The number of nitrogens with zero attached hydrogens (tertiary/aromatic N) is 1. The molecule has 14 heavy (non-hydrogen) atoms. The molecule has 1 aromatic rings. The van der Waals surface area contributed by atoms with Gasteiger partial charge in [-0.15, -0.1) is 0 Å². The summed E-state index contributed by atoms with van der Waals surface area (Å²) in [5.74, 6) is 0. The van der Waals surface area contributed by atoms with Crippen LogP contribution in [0.2, 0.25) is 0 Å². The van der Waals surface area contributed by atoms with Gasteiger partial charge < -0.3 is 5.73 Å². The molecule has 1 aliphatic rings. The lowest BCUT2D eigenvalue weighted by Crippen LogP contribution is -2.16. The fourth-order valence-corrected chi connectivity index (χ4v) is 2.53. The number of hydrogen-bond acceptors (Lipinski definition) is 3. The Balaban J connectivity index is 2.05. The average molecular weight is 206 g/mol. The van der Waals surface area contributed by atoms with Crippen LogP contribution in [0.5, 0.6) is 0 Å². The third kappa shape index (κ3) is 2.10. The highest BCUT2D eigenvalue weighted by atomic mass is 32.2. The van der Waals surface area contributed by atoms with Crippen molar-refractivity contribution >= 4 is 16.9 Å². The lowest BCUT2D eigenvalue weighted by atomic mass is 10.0. The molecule has 0 aromatic heterocycles. The smallest absolute Gasteiger partial charge is 0.154 e. The molecule has 1 heterocycles. The molecule has 0 saturated carbocycles. The average Bonchev–Trinajstić information content (AvgIpc) is 2.47. The van der Waals surface area contributed by atoms with Crippen LogP contribution >= 0.6 is 11.8 Å². The van der Waals surface area contributed by atoms with Gasteiger partial charge in [0.1, 0.15) is 0 Å². The normalized spacial score (nSPS) is 26.2. The molecule has 2 rings (SSSR count). The minimum absolute atomic E-state index is 0.349. The van der Waals surface area contributed by atoms with Crippen molar-refractivity contribution in [3.05, 3.63) is 35.9 Å². The second-order valence-electron chi connectivity index (χ2n) is 3.55. The van der Waals surface area contributed by atoms with Gasteiger partial charge in [0.05, 0.1) is 6.04 Å². The van der Waals surface area contributed by atoms with Gasteiger partial charge in [-0.1, -0.05) is 49.0 Å². The molecule has 0 amide bonds. The van der Waals surface area contributed by atoms with Gasteiger partial charge in [-0.2, -0.15) is 0 Å². The van der Waals surface area contributed by atoms with Crippen LogP contribution in [0.25, 0.3) is 0 Å². The van der Waals surface area contributed by atoms with Crippen LogP contribution in [-0.4, -0.2) is 16.5 Å². The van der Waals surface area contributed by atoms with E-state index in [1.54, 1.807) is 11.8 Å². The number of thioether (sulfide) groups is 1. The minimum Gasteiger partial charge on any atom is -0.379 e. The van der Waals surface area contributed by atoms with Crippen molar-refractivity contribution in [2.24, 2.45) is 10.7 Å². The van der Waals surface area contributed by atoms with E-state index in [1.165, 1.54) is 5.56 Å². The topological polar surface area (TPSA) is 38.4 Å². The maximum Gasteiger partial charge on any atom is 0.154 e. The summed E-state index contributed by atoms with van der Waals surface area (Å²) >= 11 is 1.68. The van der Waals surface area contributed by atoms with Gasteiger partial charge in [-0.25, -0.2) is 0 Å². The predicted octanol–water partition coefficient (Wildman–Crippen LogP) is 2.05. The molecule has 0 aliphatic carbocycles. The van der Waals surface area contributed by atoms with E-state index in [-0.39, 0.29) is 0 Å². The Bertz CT molecular complexity index is 334. The maximum atomic E-state index is 5.68. The molecule has 0 spiro atoms. The Kier molecular flexibility index (Phi) is 2.77. The minimum atomic E-state index is 0.349. The molecule has 2 N–H and O–H groups in total. The SMILES string of the molecule is C[C@@H]1SC(N)=N[C@H]1Cc1ccccc1. The largest absolute Gasteiger partial charge is 0.379 e. The molecule has 0 fully saturated rings. The first kappa shape index (κ1) is 9.59. The van der Waals surface area contributed by atoms with Crippen molar-refractivity contribution in [2.75, 3.05) is 0 Å². The fraction of sp³-hybridized carbons (Fsp3) is 0.364. The number of hydrogen-bond donors (Lipinski definition) is 1. The quantitative estimate of drug-likeness (QED) is 0.804. The molecule has 0 saturated heterocycles. The summed E-state index contributed by atoms with van der Waals surface area (Å²) in [6.45, 7) is 2.18. The van der Waals surface area contributed by atoms with Gasteiger partial charge in [0.2, 0.25) is 0 Å². The number of benzene rings is 1. The van der Waals surface area contributed by atoms with Crippen LogP contribution in [0.4, 0.5) is 0 Å². The standard InChI is InChI=1S/C11H14N2S/c1-8-10(13-11(12)14-8)7-9-5-3-2-4-6-9/h2-6,8,10H,7H2,1H3,(H2,12,13)/t8-,10-/m0/s1. The second-order valence-corrected chi connectivity index (χ2v) is 4.94. The predicted molar refractivity (Wildman–Crippen MR) is 62.6 cm³/mol. The van der Waals surface area contributed by atoms with E-state index in [0.717, 1.165) is 11.6 Å². The maximum absolute atomic E-state index is 5.68. The van der Waals surface area contributed by atoms with E-state index in [9.17, 15) is 0 Å². The van der Waals surface area contributed by atoms with E-state index in [4.69, 9.17) is 5.73 Å². The van der Waals surface area contributed by atoms with E-state index < -0.39 is 0 Å². The van der Waals surface area contributed by atoms with Crippen molar-refractivity contribution < 1.29 is 0 Å². The van der Waals surface area contributed by atoms with Crippen LogP contribution in [0.15, 0.2) is 35.3 Å². The number of aliphatic imine (C=N–C) groups is 1. The highest BCUT2D eigenvalue weighted by Crippen LogP contribution is 2.26. The Morgan fingerprint density at radius 2 is 2.07 bits per heavy atom. The third-order valence-electron chi connectivity index (χ3n) is 2.43. The van der Waals surface area contributed by atoms with Gasteiger partial charge in [0.25, 0.3) is 0 Å². The summed E-state index contributed by atoms with van der Waals surface area (Å²) in [6, 6.07) is 10.8. The van der Waals surface area contributed by atoms with Gasteiger partial charge >= 0.3 is 0 Å². The first-order valence-electron chi connectivity index (χ1n) is 4.79. The summed E-state index contributed by atoms with van der Waals surface area (Å²) in [4.78, 5) is 4.42. The molecule has 0 unspecified atom stereocenters. The zero-order valence-electron chi connectivity index (χ0n) is 8.18. The van der Waals surface area contributed by atoms with Crippen LogP contribution < -0.4 is 5.73 Å². The van der Waals surface area contributed by atoms with Gasteiger partial charge in [-0.05, 0) is 12.0 Å². The molecule has 2 nitrogen and oxygen atoms in total. The number of rotatable bonds is 2. The van der Waals surface area contributed by atoms with Crippen molar-refractivity contribution in [1.29, 1.82) is 0 Å². The fourth-order valence-electron chi connectivity index (χ4n) is 1.64. The van der Waals surface area contributed by atoms with E-state index in [0.29, 0.717) is 11.3 Å². The summed E-state index contributed by atoms with van der Waals surface area (Å²) in [6.07, 6.45) is 0.996. The summed E-state index contributed by atoms with van der Waals surface area (Å²) in [5.41, 5.74) is 7.02. The van der Waals surface area contributed by atoms with Crippen molar-refractivity contribution in [3.63, 3.8) is 0 Å².